The standard InChI is InChI=1S/C14H3Br2F3N4O2/c15-8-1-5(23(24)25)2-9(16)14(8)22-13-7(4-21)10(17)6(3-20)11(18)12(13)19/h1-2,22H. The van der Waals surface area contributed by atoms with Gasteiger partial charge in [-0.25, -0.2) is 13.2 Å². The Labute approximate surface area is 154 Å². The zero-order valence-corrected chi connectivity index (χ0v) is 14.9. The molecule has 0 heterocycles. The van der Waals surface area contributed by atoms with Crippen LogP contribution in [0.15, 0.2) is 21.1 Å². The van der Waals surface area contributed by atoms with Crippen molar-refractivity contribution in [1.29, 1.82) is 10.5 Å². The zero-order valence-electron chi connectivity index (χ0n) is 11.7. The van der Waals surface area contributed by atoms with Crippen LogP contribution in [-0.2, 0) is 0 Å². The van der Waals surface area contributed by atoms with Crippen molar-refractivity contribution in [3.05, 3.63) is 59.8 Å². The lowest BCUT2D eigenvalue weighted by Crippen LogP contribution is -2.07. The first-order chi connectivity index (χ1) is 11.7. The molecule has 0 spiro atoms. The second-order valence-corrected chi connectivity index (χ2v) is 6.17. The van der Waals surface area contributed by atoms with Crippen molar-refractivity contribution in [3.8, 4) is 12.1 Å². The molecular weight excluding hydrogens is 473 g/mol. The summed E-state index contributed by atoms with van der Waals surface area (Å²) in [5.74, 6) is -4.90. The largest absolute Gasteiger partial charge is 0.350 e. The molecule has 11 heteroatoms. The third-order valence-corrected chi connectivity index (χ3v) is 4.28. The molecule has 25 heavy (non-hydrogen) atoms. The van der Waals surface area contributed by atoms with E-state index in [4.69, 9.17) is 10.5 Å². The third kappa shape index (κ3) is 3.29. The fraction of sp³-hybridized carbons (Fsp3) is 0. The predicted molar refractivity (Wildman–Crippen MR) is 87.5 cm³/mol. The van der Waals surface area contributed by atoms with Crippen LogP contribution >= 0.6 is 31.9 Å². The van der Waals surface area contributed by atoms with Gasteiger partial charge in [-0.1, -0.05) is 0 Å². The number of nitro groups is 1. The highest BCUT2D eigenvalue weighted by molar-refractivity contribution is 9.11. The van der Waals surface area contributed by atoms with E-state index in [9.17, 15) is 23.3 Å². The summed E-state index contributed by atoms with van der Waals surface area (Å²) in [7, 11) is 0. The Morgan fingerprint density at radius 3 is 1.92 bits per heavy atom. The highest BCUT2D eigenvalue weighted by Crippen LogP contribution is 2.39. The number of nitro benzene ring substituents is 1. The zero-order chi connectivity index (χ0) is 18.9. The summed E-state index contributed by atoms with van der Waals surface area (Å²) < 4.78 is 42.2. The van der Waals surface area contributed by atoms with Crippen LogP contribution in [-0.4, -0.2) is 4.92 Å². The summed E-state index contributed by atoms with van der Waals surface area (Å²) in [6.45, 7) is 0. The van der Waals surface area contributed by atoms with Crippen LogP contribution in [0.1, 0.15) is 11.1 Å². The number of nitrogens with one attached hydrogen (secondary N) is 1. The van der Waals surface area contributed by atoms with Gasteiger partial charge in [-0.05, 0) is 31.9 Å². The van der Waals surface area contributed by atoms with E-state index in [-0.39, 0.29) is 20.3 Å². The van der Waals surface area contributed by atoms with Crippen LogP contribution in [0.3, 0.4) is 0 Å². The SMILES string of the molecule is N#Cc1c(F)c(F)c(Nc2c(Br)cc([N+](=O)[O-])cc2Br)c(C#N)c1F. The molecular formula is C14H3Br2F3N4O2. The lowest BCUT2D eigenvalue weighted by molar-refractivity contribution is -0.385. The number of benzene rings is 2. The lowest BCUT2D eigenvalue weighted by atomic mass is 10.1. The molecule has 0 aliphatic carbocycles. The van der Waals surface area contributed by atoms with E-state index in [1.165, 1.54) is 6.07 Å². The van der Waals surface area contributed by atoms with E-state index in [0.717, 1.165) is 18.2 Å². The molecule has 0 unspecified atom stereocenters. The van der Waals surface area contributed by atoms with Crippen LogP contribution in [0.5, 0.6) is 0 Å². The van der Waals surface area contributed by atoms with Crippen LogP contribution in [0.4, 0.5) is 30.2 Å². The molecule has 2 rings (SSSR count). The van der Waals surface area contributed by atoms with Gasteiger partial charge in [-0.3, -0.25) is 10.1 Å². The van der Waals surface area contributed by atoms with Crippen molar-refractivity contribution >= 4 is 48.9 Å². The van der Waals surface area contributed by atoms with Gasteiger partial charge in [0.2, 0.25) is 0 Å². The Morgan fingerprint density at radius 1 is 0.960 bits per heavy atom. The summed E-state index contributed by atoms with van der Waals surface area (Å²) in [4.78, 5) is 10.1. The number of rotatable bonds is 3. The molecule has 2 aromatic rings. The average molecular weight is 476 g/mol. The molecule has 0 atom stereocenters. The van der Waals surface area contributed by atoms with Gasteiger partial charge in [0.25, 0.3) is 5.69 Å². The van der Waals surface area contributed by atoms with Gasteiger partial charge in [0, 0.05) is 21.1 Å². The molecule has 0 saturated heterocycles. The number of hydrogen-bond donors (Lipinski definition) is 1. The van der Waals surface area contributed by atoms with E-state index in [1.807, 2.05) is 0 Å². The summed E-state index contributed by atoms with van der Waals surface area (Å²) in [5, 5.41) is 30.8. The molecule has 126 valence electrons. The van der Waals surface area contributed by atoms with Crippen LogP contribution in [0, 0.1) is 50.2 Å². The minimum Gasteiger partial charge on any atom is -0.350 e. The summed E-state index contributed by atoms with van der Waals surface area (Å²) in [6.07, 6.45) is 0. The van der Waals surface area contributed by atoms with E-state index < -0.39 is 39.2 Å². The Hall–Kier alpha value is -2.63. The minimum absolute atomic E-state index is 0.00972. The number of non-ortho nitro benzene ring substituents is 1. The van der Waals surface area contributed by atoms with Crippen LogP contribution < -0.4 is 5.32 Å². The molecule has 0 aliphatic heterocycles. The number of hydrogen-bond acceptors (Lipinski definition) is 5. The van der Waals surface area contributed by atoms with Gasteiger partial charge in [0.1, 0.15) is 23.3 Å². The van der Waals surface area contributed by atoms with E-state index >= 15 is 0 Å². The number of halogens is 5. The summed E-state index contributed by atoms with van der Waals surface area (Å²) in [6, 6.07) is 4.67. The second kappa shape index (κ2) is 7.09. The fourth-order valence-electron chi connectivity index (χ4n) is 1.89. The first-order valence-corrected chi connectivity index (χ1v) is 7.72. The number of anilines is 2. The number of nitrogens with zero attached hydrogens (tertiary/aromatic N) is 3. The lowest BCUT2D eigenvalue weighted by Gasteiger charge is -2.14. The maximum atomic E-state index is 14.2. The molecule has 0 amide bonds. The van der Waals surface area contributed by atoms with Crippen LogP contribution in [0.25, 0.3) is 0 Å². The average Bonchev–Trinajstić information content (AvgIpc) is 2.55. The molecule has 1 N–H and O–H groups in total. The molecule has 0 radical (unpaired) electrons. The van der Waals surface area contributed by atoms with Gasteiger partial charge in [-0.2, -0.15) is 10.5 Å². The van der Waals surface area contributed by atoms with Crippen molar-refractivity contribution in [3.63, 3.8) is 0 Å². The molecule has 0 saturated carbocycles. The van der Waals surface area contributed by atoms with Crippen molar-refractivity contribution < 1.29 is 18.1 Å². The second-order valence-electron chi connectivity index (χ2n) is 4.46. The molecule has 0 fully saturated rings. The molecule has 2 aromatic carbocycles. The van der Waals surface area contributed by atoms with Crippen LogP contribution in [0.2, 0.25) is 0 Å². The minimum atomic E-state index is -1.75. The molecule has 0 aliphatic rings. The first-order valence-electron chi connectivity index (χ1n) is 6.14. The normalized spacial score (nSPS) is 10.0. The van der Waals surface area contributed by atoms with Crippen molar-refractivity contribution in [2.24, 2.45) is 0 Å². The number of nitriles is 2. The van der Waals surface area contributed by atoms with Crippen molar-refractivity contribution in [2.45, 2.75) is 0 Å². The summed E-state index contributed by atoms with van der Waals surface area (Å²) in [5.41, 5.74) is -3.28. The van der Waals surface area contributed by atoms with Gasteiger partial charge in [0.15, 0.2) is 17.5 Å². The quantitative estimate of drug-likeness (QED) is 0.381. The Kier molecular flexibility index (Phi) is 5.30. The maximum absolute atomic E-state index is 14.2. The highest BCUT2D eigenvalue weighted by atomic mass is 79.9. The fourth-order valence-corrected chi connectivity index (χ4v) is 3.25. The Bertz CT molecular complexity index is 976. The van der Waals surface area contributed by atoms with Gasteiger partial charge < -0.3 is 5.32 Å². The smallest absolute Gasteiger partial charge is 0.271 e. The van der Waals surface area contributed by atoms with Crippen molar-refractivity contribution in [1.82, 2.24) is 0 Å². The monoisotopic (exact) mass is 474 g/mol. The van der Waals surface area contributed by atoms with E-state index in [1.54, 1.807) is 0 Å². The van der Waals surface area contributed by atoms with Gasteiger partial charge in [-0.15, -0.1) is 0 Å². The van der Waals surface area contributed by atoms with Crippen molar-refractivity contribution in [2.75, 3.05) is 5.32 Å². The Morgan fingerprint density at radius 2 is 1.48 bits per heavy atom. The van der Waals surface area contributed by atoms with Gasteiger partial charge in [0.05, 0.1) is 16.3 Å². The maximum Gasteiger partial charge on any atom is 0.271 e. The highest BCUT2D eigenvalue weighted by Gasteiger charge is 2.26. The van der Waals surface area contributed by atoms with E-state index in [2.05, 4.69) is 37.2 Å². The van der Waals surface area contributed by atoms with E-state index in [0.29, 0.717) is 0 Å². The third-order valence-electron chi connectivity index (χ3n) is 3.03. The molecule has 0 aromatic heterocycles. The molecule has 0 bridgehead atoms. The predicted octanol–water partition coefficient (Wildman–Crippen LogP) is 5.02. The topological polar surface area (TPSA) is 103 Å². The first kappa shape index (κ1) is 18.7. The van der Waals surface area contributed by atoms with Gasteiger partial charge >= 0.3 is 0 Å². The Balaban J connectivity index is 2.69. The molecule has 6 nitrogen and oxygen atoms in total. The summed E-state index contributed by atoms with van der Waals surface area (Å²) >= 11 is 6.04.